The molecule has 0 bridgehead atoms. The van der Waals surface area contributed by atoms with Crippen LogP contribution in [-0.2, 0) is 5.88 Å². The van der Waals surface area contributed by atoms with Crippen molar-refractivity contribution in [1.29, 1.82) is 0 Å². The second kappa shape index (κ2) is 4.17. The molecule has 0 radical (unpaired) electrons. The van der Waals surface area contributed by atoms with Gasteiger partial charge in [-0.1, -0.05) is 0 Å². The fourth-order valence-electron chi connectivity index (χ4n) is 1.25. The average molecular weight is 247 g/mol. The van der Waals surface area contributed by atoms with Crippen molar-refractivity contribution in [3.8, 4) is 5.69 Å². The summed E-state index contributed by atoms with van der Waals surface area (Å²) in [5, 5.41) is 3.89. The fraction of sp³-hybridized carbons (Fsp3) is 0.100. The van der Waals surface area contributed by atoms with Crippen molar-refractivity contribution < 1.29 is 13.2 Å². The van der Waals surface area contributed by atoms with Crippen LogP contribution in [-0.4, -0.2) is 9.78 Å². The number of rotatable bonds is 2. The molecule has 84 valence electrons. The molecule has 16 heavy (non-hydrogen) atoms. The minimum Gasteiger partial charge on any atom is -0.238 e. The smallest absolute Gasteiger partial charge is 0.161 e. The Hall–Kier alpha value is -1.49. The van der Waals surface area contributed by atoms with Crippen molar-refractivity contribution in [3.05, 3.63) is 47.5 Å². The van der Waals surface area contributed by atoms with E-state index in [1.165, 1.54) is 6.20 Å². The second-order valence-corrected chi connectivity index (χ2v) is 3.37. The van der Waals surface area contributed by atoms with E-state index in [1.807, 2.05) is 0 Å². The largest absolute Gasteiger partial charge is 0.238 e. The van der Waals surface area contributed by atoms with Gasteiger partial charge in [0.25, 0.3) is 0 Å². The van der Waals surface area contributed by atoms with E-state index in [0.717, 1.165) is 10.7 Å². The van der Waals surface area contributed by atoms with Crippen LogP contribution in [0.3, 0.4) is 0 Å². The minimum absolute atomic E-state index is 0.157. The molecule has 0 saturated carbocycles. The molecule has 0 unspecified atom stereocenters. The number of hydrogen-bond donors (Lipinski definition) is 0. The van der Waals surface area contributed by atoms with Crippen LogP contribution in [0.4, 0.5) is 13.2 Å². The Balaban J connectivity index is 2.51. The van der Waals surface area contributed by atoms with Gasteiger partial charge >= 0.3 is 0 Å². The first-order valence-electron chi connectivity index (χ1n) is 4.37. The number of benzene rings is 1. The third-order valence-electron chi connectivity index (χ3n) is 2.02. The van der Waals surface area contributed by atoms with E-state index in [1.54, 1.807) is 6.07 Å². The lowest BCUT2D eigenvalue weighted by Gasteiger charge is -2.03. The van der Waals surface area contributed by atoms with Gasteiger partial charge in [-0.2, -0.15) is 5.10 Å². The molecule has 2 aromatic rings. The molecule has 2 rings (SSSR count). The number of nitrogens with zero attached hydrogens (tertiary/aromatic N) is 2. The SMILES string of the molecule is Fc1cc(F)c(-n2ccc(CCl)n2)cc1F. The lowest BCUT2D eigenvalue weighted by molar-refractivity contribution is 0.491. The highest BCUT2D eigenvalue weighted by Crippen LogP contribution is 2.17. The highest BCUT2D eigenvalue weighted by molar-refractivity contribution is 6.16. The van der Waals surface area contributed by atoms with Crippen LogP contribution in [0.2, 0.25) is 0 Å². The molecule has 0 spiro atoms. The Kier molecular flexibility index (Phi) is 2.87. The quantitative estimate of drug-likeness (QED) is 0.588. The average Bonchev–Trinajstić information content (AvgIpc) is 2.71. The fourth-order valence-corrected chi connectivity index (χ4v) is 1.40. The van der Waals surface area contributed by atoms with Crippen LogP contribution in [0.1, 0.15) is 5.69 Å². The zero-order valence-electron chi connectivity index (χ0n) is 7.92. The van der Waals surface area contributed by atoms with Gasteiger partial charge < -0.3 is 0 Å². The Bertz CT molecular complexity index is 525. The molecule has 0 aliphatic carbocycles. The van der Waals surface area contributed by atoms with Gasteiger partial charge in [-0.15, -0.1) is 11.6 Å². The maximum atomic E-state index is 13.3. The van der Waals surface area contributed by atoms with E-state index in [4.69, 9.17) is 11.6 Å². The molecule has 0 amide bonds. The van der Waals surface area contributed by atoms with E-state index >= 15 is 0 Å². The summed E-state index contributed by atoms with van der Waals surface area (Å²) in [5.41, 5.74) is 0.362. The van der Waals surface area contributed by atoms with Crippen molar-refractivity contribution in [3.63, 3.8) is 0 Å². The van der Waals surface area contributed by atoms with Crippen LogP contribution < -0.4 is 0 Å². The monoisotopic (exact) mass is 246 g/mol. The molecule has 0 aliphatic heterocycles. The number of aromatic nitrogens is 2. The molecule has 0 saturated heterocycles. The highest BCUT2D eigenvalue weighted by atomic mass is 35.5. The first-order chi connectivity index (χ1) is 7.61. The van der Waals surface area contributed by atoms with Crippen LogP contribution in [0.15, 0.2) is 24.4 Å². The molecule has 2 nitrogen and oxygen atoms in total. The van der Waals surface area contributed by atoms with Crippen LogP contribution in [0.25, 0.3) is 5.69 Å². The molecule has 1 aromatic carbocycles. The molecule has 1 aromatic heterocycles. The van der Waals surface area contributed by atoms with Gasteiger partial charge in [-0.05, 0) is 6.07 Å². The Morgan fingerprint density at radius 3 is 2.44 bits per heavy atom. The van der Waals surface area contributed by atoms with Gasteiger partial charge in [0.05, 0.1) is 11.6 Å². The van der Waals surface area contributed by atoms with Gasteiger partial charge in [0.15, 0.2) is 17.5 Å². The topological polar surface area (TPSA) is 17.8 Å². The van der Waals surface area contributed by atoms with Gasteiger partial charge in [0.1, 0.15) is 5.69 Å². The van der Waals surface area contributed by atoms with E-state index in [0.29, 0.717) is 11.8 Å². The molecule has 1 heterocycles. The molecule has 0 atom stereocenters. The van der Waals surface area contributed by atoms with Crippen LogP contribution in [0, 0.1) is 17.5 Å². The normalized spacial score (nSPS) is 10.8. The zero-order chi connectivity index (χ0) is 11.7. The predicted octanol–water partition coefficient (Wildman–Crippen LogP) is 3.03. The molecule has 0 N–H and O–H groups in total. The number of alkyl halides is 1. The van der Waals surface area contributed by atoms with Crippen molar-refractivity contribution in [2.24, 2.45) is 0 Å². The molecule has 0 aliphatic rings. The second-order valence-electron chi connectivity index (χ2n) is 3.10. The first kappa shape index (κ1) is 11.0. The summed E-state index contributed by atoms with van der Waals surface area (Å²) in [6.45, 7) is 0. The van der Waals surface area contributed by atoms with Crippen molar-refractivity contribution >= 4 is 11.6 Å². The van der Waals surface area contributed by atoms with Crippen LogP contribution in [0.5, 0.6) is 0 Å². The van der Waals surface area contributed by atoms with Gasteiger partial charge in [-0.25, -0.2) is 17.9 Å². The summed E-state index contributed by atoms with van der Waals surface area (Å²) < 4.78 is 40.0. The standard InChI is InChI=1S/C10H6ClF3N2/c11-5-6-1-2-16(15-6)10-4-8(13)7(12)3-9(10)14/h1-4H,5H2. The summed E-state index contributed by atoms with van der Waals surface area (Å²) >= 11 is 5.52. The summed E-state index contributed by atoms with van der Waals surface area (Å²) in [6, 6.07) is 2.79. The third-order valence-corrected chi connectivity index (χ3v) is 2.29. The van der Waals surface area contributed by atoms with Gasteiger partial charge in [0.2, 0.25) is 0 Å². The van der Waals surface area contributed by atoms with E-state index in [-0.39, 0.29) is 11.6 Å². The minimum atomic E-state index is -1.23. The van der Waals surface area contributed by atoms with E-state index < -0.39 is 17.5 Å². The Morgan fingerprint density at radius 1 is 1.12 bits per heavy atom. The summed E-state index contributed by atoms with van der Waals surface area (Å²) in [5.74, 6) is -3.08. The summed E-state index contributed by atoms with van der Waals surface area (Å²) in [7, 11) is 0. The van der Waals surface area contributed by atoms with Crippen LogP contribution >= 0.6 is 11.6 Å². The van der Waals surface area contributed by atoms with E-state index in [9.17, 15) is 13.2 Å². The number of hydrogen-bond acceptors (Lipinski definition) is 1. The predicted molar refractivity (Wildman–Crippen MR) is 53.0 cm³/mol. The summed E-state index contributed by atoms with van der Waals surface area (Å²) in [6.07, 6.45) is 1.42. The van der Waals surface area contributed by atoms with Crippen molar-refractivity contribution in [2.75, 3.05) is 0 Å². The molecular formula is C10H6ClF3N2. The Labute approximate surface area is 94.3 Å². The third kappa shape index (κ3) is 1.90. The summed E-state index contributed by atoms with van der Waals surface area (Å²) in [4.78, 5) is 0. The maximum absolute atomic E-state index is 13.3. The van der Waals surface area contributed by atoms with Gasteiger partial charge in [0, 0.05) is 18.3 Å². The maximum Gasteiger partial charge on any atom is 0.161 e. The lowest BCUT2D eigenvalue weighted by atomic mass is 10.3. The van der Waals surface area contributed by atoms with E-state index in [2.05, 4.69) is 5.10 Å². The van der Waals surface area contributed by atoms with Crippen molar-refractivity contribution in [1.82, 2.24) is 9.78 Å². The lowest BCUT2D eigenvalue weighted by Crippen LogP contribution is -2.01. The van der Waals surface area contributed by atoms with Crippen molar-refractivity contribution in [2.45, 2.75) is 5.88 Å². The molecule has 0 fully saturated rings. The number of halogens is 4. The first-order valence-corrected chi connectivity index (χ1v) is 4.90. The molecular weight excluding hydrogens is 241 g/mol. The van der Waals surface area contributed by atoms with Gasteiger partial charge in [-0.3, -0.25) is 0 Å². The highest BCUT2D eigenvalue weighted by Gasteiger charge is 2.12. The zero-order valence-corrected chi connectivity index (χ0v) is 8.68. The molecule has 6 heteroatoms. The Morgan fingerprint density at radius 2 is 1.81 bits per heavy atom.